The highest BCUT2D eigenvalue weighted by Crippen LogP contribution is 2.25. The van der Waals surface area contributed by atoms with E-state index in [2.05, 4.69) is 15.3 Å². The number of nitrogens with one attached hydrogen (secondary N) is 2. The molecule has 1 aromatic carbocycles. The summed E-state index contributed by atoms with van der Waals surface area (Å²) in [7, 11) is 3.40. The molecular formula is C21H24ClN7O2. The Labute approximate surface area is 182 Å². The van der Waals surface area contributed by atoms with E-state index in [0.29, 0.717) is 22.1 Å². The van der Waals surface area contributed by atoms with Crippen LogP contribution in [0.1, 0.15) is 25.0 Å². The first-order chi connectivity index (χ1) is 14.8. The number of rotatable bonds is 4. The molecule has 3 heterocycles. The number of H-pyrrole nitrogens is 1. The van der Waals surface area contributed by atoms with Crippen molar-refractivity contribution in [3.8, 4) is 0 Å². The minimum Gasteiger partial charge on any atom is -0.357 e. The first-order valence-corrected chi connectivity index (χ1v) is 10.7. The van der Waals surface area contributed by atoms with Gasteiger partial charge in [-0.1, -0.05) is 17.7 Å². The van der Waals surface area contributed by atoms with E-state index >= 15 is 0 Å². The normalized spacial score (nSPS) is 19.0. The number of nitrogens with two attached hydrogens (primary N) is 1. The van der Waals surface area contributed by atoms with Gasteiger partial charge in [0.1, 0.15) is 0 Å². The number of nitrogens with zero attached hydrogens (tertiary/aromatic N) is 4. The van der Waals surface area contributed by atoms with Crippen LogP contribution in [0.2, 0.25) is 5.02 Å². The second-order valence-corrected chi connectivity index (χ2v) is 8.65. The number of hydrogen-bond donors (Lipinski definition) is 3. The third-order valence-corrected chi connectivity index (χ3v) is 6.57. The molecule has 1 fully saturated rings. The van der Waals surface area contributed by atoms with E-state index in [1.54, 1.807) is 24.7 Å². The summed E-state index contributed by atoms with van der Waals surface area (Å²) in [4.78, 5) is 34.1. The first-order valence-electron chi connectivity index (χ1n) is 10.3. The molecule has 4 N–H and O–H groups in total. The third kappa shape index (κ3) is 3.16. The monoisotopic (exact) mass is 441 g/mol. The van der Waals surface area contributed by atoms with Gasteiger partial charge in [-0.15, -0.1) is 0 Å². The highest BCUT2D eigenvalue weighted by Gasteiger charge is 2.26. The van der Waals surface area contributed by atoms with Crippen LogP contribution >= 0.6 is 11.6 Å². The second kappa shape index (κ2) is 7.28. The van der Waals surface area contributed by atoms with Gasteiger partial charge in [0.15, 0.2) is 11.2 Å². The molecule has 1 aliphatic carbocycles. The van der Waals surface area contributed by atoms with Crippen LogP contribution in [-0.2, 0) is 20.6 Å². The van der Waals surface area contributed by atoms with Gasteiger partial charge in [0.2, 0.25) is 5.95 Å². The van der Waals surface area contributed by atoms with Gasteiger partial charge >= 0.3 is 5.69 Å². The molecule has 0 aliphatic heterocycles. The van der Waals surface area contributed by atoms with E-state index < -0.39 is 5.69 Å². The molecule has 5 rings (SSSR count). The van der Waals surface area contributed by atoms with Crippen LogP contribution in [0.4, 0.5) is 5.95 Å². The van der Waals surface area contributed by atoms with Crippen LogP contribution in [0, 0.1) is 0 Å². The molecule has 0 radical (unpaired) electrons. The summed E-state index contributed by atoms with van der Waals surface area (Å²) in [5.41, 5.74) is 7.65. The average Bonchev–Trinajstić information content (AvgIpc) is 3.43. The standard InChI is InChI=1S/C21H24ClN7O2/c1-27-17-18(26-20(27)25-16-8-4-6-14(16)23)28(2)21(31)29(19(17)30)10-11-9-12-13(22)5-3-7-15(12)24-11/h3,5,7,9,14,16,24H,4,6,8,10,23H2,1-2H3,(H,25,26)/t14-,16+/m1/s1. The number of aromatic nitrogens is 5. The van der Waals surface area contributed by atoms with E-state index in [1.807, 2.05) is 18.2 Å². The minimum absolute atomic E-state index is 0.0501. The Morgan fingerprint density at radius 3 is 2.77 bits per heavy atom. The highest BCUT2D eigenvalue weighted by molar-refractivity contribution is 6.35. The van der Waals surface area contributed by atoms with Gasteiger partial charge < -0.3 is 20.6 Å². The Bertz CT molecular complexity index is 1430. The van der Waals surface area contributed by atoms with E-state index in [9.17, 15) is 9.59 Å². The molecule has 9 nitrogen and oxygen atoms in total. The Balaban J connectivity index is 1.60. The first kappa shape index (κ1) is 19.9. The molecule has 162 valence electrons. The Morgan fingerprint density at radius 1 is 1.26 bits per heavy atom. The summed E-state index contributed by atoms with van der Waals surface area (Å²) in [6.45, 7) is 0.105. The SMILES string of the molecule is Cn1c(N[C@H]2CCC[C@H]2N)nc2c1c(=O)n(Cc1cc3c(Cl)cccc3[nH]1)c(=O)n2C. The van der Waals surface area contributed by atoms with E-state index in [4.69, 9.17) is 17.3 Å². The largest absolute Gasteiger partial charge is 0.357 e. The van der Waals surface area contributed by atoms with Gasteiger partial charge in [0, 0.05) is 47.8 Å². The molecule has 1 saturated carbocycles. The number of aryl methyl sites for hydroxylation is 2. The molecule has 0 bridgehead atoms. The van der Waals surface area contributed by atoms with Crippen molar-refractivity contribution in [2.24, 2.45) is 19.8 Å². The van der Waals surface area contributed by atoms with E-state index in [-0.39, 0.29) is 24.2 Å². The van der Waals surface area contributed by atoms with E-state index in [1.165, 1.54) is 9.13 Å². The van der Waals surface area contributed by atoms with Crippen molar-refractivity contribution in [3.05, 3.63) is 55.8 Å². The van der Waals surface area contributed by atoms with Gasteiger partial charge in [-0.05, 0) is 37.5 Å². The van der Waals surface area contributed by atoms with Crippen molar-refractivity contribution in [3.63, 3.8) is 0 Å². The van der Waals surface area contributed by atoms with Gasteiger partial charge in [-0.2, -0.15) is 4.98 Å². The molecule has 10 heteroatoms. The van der Waals surface area contributed by atoms with Crippen molar-refractivity contribution in [1.82, 2.24) is 23.7 Å². The zero-order valence-corrected chi connectivity index (χ0v) is 18.1. The fraction of sp³-hybridized carbons (Fsp3) is 0.381. The van der Waals surface area contributed by atoms with Crippen molar-refractivity contribution < 1.29 is 0 Å². The lowest BCUT2D eigenvalue weighted by atomic mass is 10.2. The number of halogens is 1. The highest BCUT2D eigenvalue weighted by atomic mass is 35.5. The molecule has 0 unspecified atom stereocenters. The summed E-state index contributed by atoms with van der Waals surface area (Å²) >= 11 is 6.26. The van der Waals surface area contributed by atoms with Gasteiger partial charge in [-0.25, -0.2) is 4.79 Å². The van der Waals surface area contributed by atoms with Crippen LogP contribution in [0.5, 0.6) is 0 Å². The van der Waals surface area contributed by atoms with Crippen LogP contribution in [-0.4, -0.2) is 35.8 Å². The van der Waals surface area contributed by atoms with Gasteiger partial charge in [-0.3, -0.25) is 13.9 Å². The Morgan fingerprint density at radius 2 is 2.06 bits per heavy atom. The van der Waals surface area contributed by atoms with Crippen LogP contribution in [0.3, 0.4) is 0 Å². The zero-order chi connectivity index (χ0) is 21.9. The van der Waals surface area contributed by atoms with Crippen molar-refractivity contribution in [2.45, 2.75) is 37.9 Å². The molecule has 31 heavy (non-hydrogen) atoms. The number of hydrogen-bond acceptors (Lipinski definition) is 5. The number of imidazole rings is 1. The lowest BCUT2D eigenvalue weighted by molar-refractivity contribution is 0.629. The van der Waals surface area contributed by atoms with Crippen molar-refractivity contribution in [1.29, 1.82) is 0 Å². The Hall–Kier alpha value is -3.04. The van der Waals surface area contributed by atoms with Crippen molar-refractivity contribution in [2.75, 3.05) is 5.32 Å². The molecule has 0 spiro atoms. The van der Waals surface area contributed by atoms with Gasteiger partial charge in [0.05, 0.1) is 6.54 Å². The smallest absolute Gasteiger partial charge is 0.332 e. The topological polar surface area (TPSA) is 116 Å². The quantitative estimate of drug-likeness (QED) is 0.447. The molecular weight excluding hydrogens is 418 g/mol. The predicted octanol–water partition coefficient (Wildman–Crippen LogP) is 1.91. The molecule has 3 aromatic heterocycles. The fourth-order valence-electron chi connectivity index (χ4n) is 4.48. The second-order valence-electron chi connectivity index (χ2n) is 8.24. The number of anilines is 1. The van der Waals surface area contributed by atoms with Crippen LogP contribution in [0.15, 0.2) is 33.9 Å². The maximum Gasteiger partial charge on any atom is 0.332 e. The molecule has 0 amide bonds. The summed E-state index contributed by atoms with van der Waals surface area (Å²) in [6.07, 6.45) is 2.97. The molecule has 2 atom stereocenters. The fourth-order valence-corrected chi connectivity index (χ4v) is 4.71. The lowest BCUT2D eigenvalue weighted by Crippen LogP contribution is -2.40. The maximum atomic E-state index is 13.3. The van der Waals surface area contributed by atoms with Crippen LogP contribution < -0.4 is 22.3 Å². The zero-order valence-electron chi connectivity index (χ0n) is 17.4. The van der Waals surface area contributed by atoms with Crippen LogP contribution in [0.25, 0.3) is 22.1 Å². The molecule has 4 aromatic rings. The molecule has 0 saturated heterocycles. The Kier molecular flexibility index (Phi) is 4.67. The van der Waals surface area contributed by atoms with E-state index in [0.717, 1.165) is 35.9 Å². The summed E-state index contributed by atoms with van der Waals surface area (Å²) in [5, 5.41) is 4.82. The molecule has 1 aliphatic rings. The lowest BCUT2D eigenvalue weighted by Gasteiger charge is -2.17. The van der Waals surface area contributed by atoms with Crippen molar-refractivity contribution >= 4 is 39.6 Å². The summed E-state index contributed by atoms with van der Waals surface area (Å²) in [5.74, 6) is 0.541. The summed E-state index contributed by atoms with van der Waals surface area (Å²) in [6, 6.07) is 7.58. The third-order valence-electron chi connectivity index (χ3n) is 6.24. The van der Waals surface area contributed by atoms with Gasteiger partial charge in [0.25, 0.3) is 5.56 Å². The summed E-state index contributed by atoms with van der Waals surface area (Å²) < 4.78 is 4.33. The predicted molar refractivity (Wildman–Crippen MR) is 122 cm³/mol. The minimum atomic E-state index is -0.426. The average molecular weight is 442 g/mol. The number of aromatic amines is 1. The number of benzene rings is 1. The maximum absolute atomic E-state index is 13.3. The number of fused-ring (bicyclic) bond motifs is 2.